The summed E-state index contributed by atoms with van der Waals surface area (Å²) in [5.74, 6) is 0.866. The van der Waals surface area contributed by atoms with Crippen molar-refractivity contribution in [1.29, 1.82) is 0 Å². The minimum atomic E-state index is -3.07. The molecular weight excluding hydrogens is 365 g/mol. The number of hydrazone groups is 1. The average Bonchev–Trinajstić information content (AvgIpc) is 3.19. The standard InChI is InChI=1S/C16H14FN3O3S2/c17-11-3-1-10(2-4-11)15-6-5-12(23-15)7-18-20-14-9-25(21,22)8-13(14)19-16(20)24/h1-7,13-14H,8-9H2,(H,19,24)/b18-7+. The third kappa shape index (κ3) is 3.16. The molecule has 2 unspecified atom stereocenters. The van der Waals surface area contributed by atoms with E-state index in [1.165, 1.54) is 23.4 Å². The monoisotopic (exact) mass is 379 g/mol. The Morgan fingerprint density at radius 3 is 2.76 bits per heavy atom. The molecule has 2 aromatic rings. The van der Waals surface area contributed by atoms with Gasteiger partial charge in [0.25, 0.3) is 0 Å². The van der Waals surface area contributed by atoms with Gasteiger partial charge in [-0.3, -0.25) is 0 Å². The van der Waals surface area contributed by atoms with Crippen LogP contribution in [0.1, 0.15) is 5.76 Å². The highest BCUT2D eigenvalue weighted by Gasteiger charge is 2.47. The second-order valence-electron chi connectivity index (χ2n) is 6.00. The van der Waals surface area contributed by atoms with Crippen molar-refractivity contribution in [1.82, 2.24) is 10.3 Å². The van der Waals surface area contributed by atoms with Crippen molar-refractivity contribution in [2.75, 3.05) is 11.5 Å². The van der Waals surface area contributed by atoms with Crippen LogP contribution >= 0.6 is 12.2 Å². The molecule has 6 nitrogen and oxygen atoms in total. The third-order valence-corrected chi connectivity index (χ3v) is 6.24. The highest BCUT2D eigenvalue weighted by molar-refractivity contribution is 7.91. The number of rotatable bonds is 3. The number of halogens is 1. The number of nitrogens with one attached hydrogen (secondary N) is 1. The van der Waals surface area contributed by atoms with Crippen LogP contribution in [0.4, 0.5) is 4.39 Å². The summed E-state index contributed by atoms with van der Waals surface area (Å²) in [6.45, 7) is 0. The molecule has 2 aliphatic heterocycles. The number of sulfone groups is 1. The Morgan fingerprint density at radius 1 is 1.24 bits per heavy atom. The van der Waals surface area contributed by atoms with Gasteiger partial charge in [-0.1, -0.05) is 0 Å². The van der Waals surface area contributed by atoms with Crippen molar-refractivity contribution in [3.8, 4) is 11.3 Å². The fraction of sp³-hybridized carbons (Fsp3) is 0.250. The van der Waals surface area contributed by atoms with Crippen LogP contribution in [0.15, 0.2) is 45.9 Å². The molecule has 1 aromatic heterocycles. The van der Waals surface area contributed by atoms with E-state index in [2.05, 4.69) is 10.4 Å². The van der Waals surface area contributed by atoms with Gasteiger partial charge in [0, 0.05) is 5.56 Å². The molecule has 0 bridgehead atoms. The molecule has 1 aromatic carbocycles. The summed E-state index contributed by atoms with van der Waals surface area (Å²) in [5, 5.41) is 9.21. The molecule has 1 N–H and O–H groups in total. The summed E-state index contributed by atoms with van der Waals surface area (Å²) in [4.78, 5) is 0. The zero-order chi connectivity index (χ0) is 17.6. The molecule has 130 valence electrons. The number of thiocarbonyl (C=S) groups is 1. The first kappa shape index (κ1) is 16.2. The third-order valence-electron chi connectivity index (χ3n) is 4.22. The Hall–Kier alpha value is -2.26. The molecule has 0 aliphatic carbocycles. The van der Waals surface area contributed by atoms with E-state index in [9.17, 15) is 12.8 Å². The van der Waals surface area contributed by atoms with Gasteiger partial charge in [-0.2, -0.15) is 5.10 Å². The fourth-order valence-electron chi connectivity index (χ4n) is 3.03. The zero-order valence-corrected chi connectivity index (χ0v) is 14.6. The number of hydrogen-bond donors (Lipinski definition) is 1. The Labute approximate surface area is 149 Å². The average molecular weight is 379 g/mol. The van der Waals surface area contributed by atoms with E-state index in [1.807, 2.05) is 0 Å². The Morgan fingerprint density at radius 2 is 2.00 bits per heavy atom. The van der Waals surface area contributed by atoms with Crippen LogP contribution in [-0.2, 0) is 9.84 Å². The number of furan rings is 1. The van der Waals surface area contributed by atoms with E-state index >= 15 is 0 Å². The maximum Gasteiger partial charge on any atom is 0.190 e. The van der Waals surface area contributed by atoms with Crippen LogP contribution in [0.3, 0.4) is 0 Å². The van der Waals surface area contributed by atoms with Gasteiger partial charge in [0.2, 0.25) is 0 Å². The molecule has 2 aliphatic rings. The van der Waals surface area contributed by atoms with Gasteiger partial charge in [0.15, 0.2) is 14.9 Å². The number of fused-ring (bicyclic) bond motifs is 1. The Bertz CT molecular complexity index is 953. The summed E-state index contributed by atoms with van der Waals surface area (Å²) in [6, 6.07) is 8.96. The minimum absolute atomic E-state index is 0.0289. The van der Waals surface area contributed by atoms with E-state index in [-0.39, 0.29) is 29.4 Å². The topological polar surface area (TPSA) is 74.9 Å². The smallest absolute Gasteiger partial charge is 0.190 e. The van der Waals surface area contributed by atoms with Gasteiger partial charge in [0.1, 0.15) is 17.3 Å². The number of nitrogens with zero attached hydrogens (tertiary/aromatic N) is 2. The summed E-state index contributed by atoms with van der Waals surface area (Å²) < 4.78 is 42.2. The van der Waals surface area contributed by atoms with Crippen molar-refractivity contribution in [3.05, 3.63) is 48.0 Å². The van der Waals surface area contributed by atoms with Crippen molar-refractivity contribution < 1.29 is 17.2 Å². The van der Waals surface area contributed by atoms with Crippen molar-refractivity contribution in [3.63, 3.8) is 0 Å². The van der Waals surface area contributed by atoms with Gasteiger partial charge in [0.05, 0.1) is 29.8 Å². The first-order valence-corrected chi connectivity index (χ1v) is 9.84. The Balaban J connectivity index is 1.52. The lowest BCUT2D eigenvalue weighted by Gasteiger charge is -2.16. The van der Waals surface area contributed by atoms with E-state index < -0.39 is 9.84 Å². The lowest BCUT2D eigenvalue weighted by Crippen LogP contribution is -2.32. The first-order chi connectivity index (χ1) is 11.9. The van der Waals surface area contributed by atoms with E-state index in [1.54, 1.807) is 24.3 Å². The SMILES string of the molecule is O=S1(=O)CC2NC(=S)N(/N=C/c3ccc(-c4ccc(F)cc4)o3)C2C1. The maximum absolute atomic E-state index is 13.0. The fourth-order valence-corrected chi connectivity index (χ4v) is 5.25. The predicted molar refractivity (Wildman–Crippen MR) is 95.5 cm³/mol. The predicted octanol–water partition coefficient (Wildman–Crippen LogP) is 1.78. The van der Waals surface area contributed by atoms with Crippen LogP contribution in [0.25, 0.3) is 11.3 Å². The molecular formula is C16H14FN3O3S2. The largest absolute Gasteiger partial charge is 0.455 e. The molecule has 2 atom stereocenters. The second kappa shape index (κ2) is 5.92. The van der Waals surface area contributed by atoms with Crippen LogP contribution < -0.4 is 5.32 Å². The maximum atomic E-state index is 13.0. The first-order valence-electron chi connectivity index (χ1n) is 7.61. The van der Waals surface area contributed by atoms with Gasteiger partial charge < -0.3 is 9.73 Å². The van der Waals surface area contributed by atoms with Crippen molar-refractivity contribution in [2.45, 2.75) is 12.1 Å². The van der Waals surface area contributed by atoms with E-state index in [4.69, 9.17) is 16.6 Å². The van der Waals surface area contributed by atoms with Crippen LogP contribution in [0.2, 0.25) is 0 Å². The van der Waals surface area contributed by atoms with Gasteiger partial charge in [-0.15, -0.1) is 0 Å². The van der Waals surface area contributed by atoms with Crippen LogP contribution in [-0.4, -0.2) is 48.3 Å². The molecule has 2 saturated heterocycles. The number of hydrogen-bond acceptors (Lipinski definition) is 5. The molecule has 9 heteroatoms. The van der Waals surface area contributed by atoms with Gasteiger partial charge in [-0.25, -0.2) is 17.8 Å². The van der Waals surface area contributed by atoms with E-state index in [0.29, 0.717) is 16.6 Å². The molecule has 3 heterocycles. The molecule has 0 spiro atoms. The molecule has 0 amide bonds. The quantitative estimate of drug-likeness (QED) is 0.647. The summed E-state index contributed by atoms with van der Waals surface area (Å²) in [6.07, 6.45) is 1.49. The molecule has 0 saturated carbocycles. The molecule has 4 rings (SSSR count). The highest BCUT2D eigenvalue weighted by Crippen LogP contribution is 2.25. The van der Waals surface area contributed by atoms with Crippen LogP contribution in [0, 0.1) is 5.82 Å². The molecule has 2 fully saturated rings. The number of benzene rings is 1. The molecule has 0 radical (unpaired) electrons. The summed E-state index contributed by atoms with van der Waals surface area (Å²) >= 11 is 5.22. The second-order valence-corrected chi connectivity index (χ2v) is 8.54. The highest BCUT2D eigenvalue weighted by atomic mass is 32.2. The minimum Gasteiger partial charge on any atom is -0.455 e. The van der Waals surface area contributed by atoms with Crippen LogP contribution in [0.5, 0.6) is 0 Å². The Kier molecular flexibility index (Phi) is 3.84. The molecule has 25 heavy (non-hydrogen) atoms. The lowest BCUT2D eigenvalue weighted by atomic mass is 10.2. The lowest BCUT2D eigenvalue weighted by molar-refractivity contribution is 0.373. The van der Waals surface area contributed by atoms with Gasteiger partial charge in [-0.05, 0) is 48.6 Å². The summed E-state index contributed by atoms with van der Waals surface area (Å²) in [7, 11) is -3.07. The van der Waals surface area contributed by atoms with E-state index in [0.717, 1.165) is 5.56 Å². The summed E-state index contributed by atoms with van der Waals surface area (Å²) in [5.41, 5.74) is 0.751. The van der Waals surface area contributed by atoms with Gasteiger partial charge >= 0.3 is 0 Å². The zero-order valence-electron chi connectivity index (χ0n) is 12.9. The van der Waals surface area contributed by atoms with Crippen molar-refractivity contribution >= 4 is 33.4 Å². The normalized spacial score (nSPS) is 24.7. The van der Waals surface area contributed by atoms with Crippen molar-refractivity contribution in [2.24, 2.45) is 5.10 Å².